The Morgan fingerprint density at radius 1 is 0.833 bits per heavy atom. The van der Waals surface area contributed by atoms with E-state index in [1.54, 1.807) is 16.7 Å². The van der Waals surface area contributed by atoms with Crippen molar-refractivity contribution < 1.29 is 0 Å². The fourth-order valence-corrected chi connectivity index (χ4v) is 2.52. The molecule has 3 rings (SSSR count). The van der Waals surface area contributed by atoms with E-state index in [1.165, 1.54) is 15.6 Å². The van der Waals surface area contributed by atoms with Gasteiger partial charge in [0.05, 0.1) is 0 Å². The van der Waals surface area contributed by atoms with Crippen LogP contribution in [-0.4, -0.2) is 0 Å². The van der Waals surface area contributed by atoms with Crippen molar-refractivity contribution in [3.63, 3.8) is 0 Å². The summed E-state index contributed by atoms with van der Waals surface area (Å²) in [5, 5.41) is 5.20. The first-order valence-electron chi connectivity index (χ1n) is 5.68. The number of benzene rings is 2. The summed E-state index contributed by atoms with van der Waals surface area (Å²) in [6.45, 7) is 0. The van der Waals surface area contributed by atoms with Crippen molar-refractivity contribution in [1.29, 1.82) is 0 Å². The Morgan fingerprint density at radius 3 is 2.28 bits per heavy atom. The molecule has 3 aromatic rings. The number of thiol groups is 1. The Hall–Kier alpha value is -1.51. The van der Waals surface area contributed by atoms with Gasteiger partial charge in [0.25, 0.3) is 0 Å². The van der Waals surface area contributed by atoms with E-state index >= 15 is 0 Å². The molecule has 2 heteroatoms. The summed E-state index contributed by atoms with van der Waals surface area (Å²) < 4.78 is 1.37. The third-order valence-corrected chi connectivity index (χ3v) is 3.48. The molecular formula is C16H14S2. The number of thiophene rings is 1. The minimum absolute atomic E-state index is 1.19. The van der Waals surface area contributed by atoms with Crippen LogP contribution in [0.2, 0.25) is 0 Å². The summed E-state index contributed by atoms with van der Waals surface area (Å²) in [6.07, 6.45) is 1.95. The standard InChI is InChI=1S/C8H6S.C8H8S/c1-2-4-8-7(3-1)5-6-9-8;9-7-6-8-4-2-1-3-5-8/h1-6H;1-7,9H. The lowest BCUT2D eigenvalue weighted by molar-refractivity contribution is 1.67. The van der Waals surface area contributed by atoms with Crippen molar-refractivity contribution in [3.8, 4) is 0 Å². The zero-order chi connectivity index (χ0) is 12.6. The van der Waals surface area contributed by atoms with Crippen LogP contribution in [0.3, 0.4) is 0 Å². The Kier molecular flexibility index (Phi) is 5.06. The molecule has 2 aromatic carbocycles. The lowest BCUT2D eigenvalue weighted by Gasteiger charge is -1.86. The van der Waals surface area contributed by atoms with Gasteiger partial charge >= 0.3 is 0 Å². The highest BCUT2D eigenvalue weighted by Gasteiger charge is 1.87. The fourth-order valence-electron chi connectivity index (χ4n) is 1.56. The molecule has 0 N–H and O–H groups in total. The van der Waals surface area contributed by atoms with E-state index in [-0.39, 0.29) is 0 Å². The van der Waals surface area contributed by atoms with Gasteiger partial charge < -0.3 is 0 Å². The summed E-state index contributed by atoms with van der Waals surface area (Å²) in [5.41, 5.74) is 1.19. The second kappa shape index (κ2) is 7.04. The quantitative estimate of drug-likeness (QED) is 0.555. The van der Waals surface area contributed by atoms with E-state index in [1.807, 2.05) is 36.4 Å². The van der Waals surface area contributed by atoms with Crippen molar-refractivity contribution in [2.24, 2.45) is 0 Å². The zero-order valence-corrected chi connectivity index (χ0v) is 11.6. The number of hydrogen-bond acceptors (Lipinski definition) is 2. The molecule has 0 radical (unpaired) electrons. The molecule has 0 aliphatic carbocycles. The zero-order valence-electron chi connectivity index (χ0n) is 9.86. The normalized spacial score (nSPS) is 10.3. The molecule has 0 aliphatic heterocycles. The van der Waals surface area contributed by atoms with Crippen LogP contribution in [0.25, 0.3) is 16.2 Å². The Bertz CT molecular complexity index is 579. The highest BCUT2D eigenvalue weighted by molar-refractivity contribution is 7.83. The molecule has 0 atom stereocenters. The Labute approximate surface area is 117 Å². The molecule has 0 bridgehead atoms. The molecule has 90 valence electrons. The predicted molar refractivity (Wildman–Crippen MR) is 86.3 cm³/mol. The van der Waals surface area contributed by atoms with Crippen LogP contribution in [-0.2, 0) is 0 Å². The summed E-state index contributed by atoms with van der Waals surface area (Å²) in [5.74, 6) is 0. The van der Waals surface area contributed by atoms with E-state index in [0.717, 1.165) is 0 Å². The molecule has 0 spiro atoms. The maximum Gasteiger partial charge on any atom is 0.0342 e. The van der Waals surface area contributed by atoms with Crippen LogP contribution in [0, 0.1) is 0 Å². The first-order chi connectivity index (χ1) is 8.90. The van der Waals surface area contributed by atoms with Crippen molar-refractivity contribution in [2.45, 2.75) is 0 Å². The molecule has 0 fully saturated rings. The van der Waals surface area contributed by atoms with Crippen LogP contribution >= 0.6 is 24.0 Å². The molecule has 1 aromatic heterocycles. The number of hydrogen-bond donors (Lipinski definition) is 1. The fraction of sp³-hybridized carbons (Fsp3) is 0. The SMILES string of the molecule is SC=Cc1ccccc1.c1ccc2sccc2c1. The summed E-state index contributed by atoms with van der Waals surface area (Å²) >= 11 is 5.74. The average Bonchev–Trinajstić information content (AvgIpc) is 2.89. The third-order valence-electron chi connectivity index (χ3n) is 2.43. The molecule has 0 amide bonds. The van der Waals surface area contributed by atoms with E-state index < -0.39 is 0 Å². The third kappa shape index (κ3) is 3.76. The molecule has 0 aliphatic rings. The Morgan fingerprint density at radius 2 is 1.56 bits per heavy atom. The highest BCUT2D eigenvalue weighted by atomic mass is 32.1. The molecule has 0 saturated heterocycles. The smallest absolute Gasteiger partial charge is 0.0342 e. The largest absolute Gasteiger partial charge is 0.151 e. The minimum Gasteiger partial charge on any atom is -0.151 e. The average molecular weight is 270 g/mol. The van der Waals surface area contributed by atoms with E-state index in [4.69, 9.17) is 0 Å². The molecule has 1 heterocycles. The first kappa shape index (κ1) is 12.9. The monoisotopic (exact) mass is 270 g/mol. The minimum atomic E-state index is 1.19. The maximum absolute atomic E-state index is 3.95. The second-order valence-electron chi connectivity index (χ2n) is 3.68. The number of rotatable bonds is 1. The van der Waals surface area contributed by atoms with Gasteiger partial charge in [0.2, 0.25) is 0 Å². The van der Waals surface area contributed by atoms with E-state index in [2.05, 4.69) is 48.3 Å². The van der Waals surface area contributed by atoms with Crippen molar-refractivity contribution in [3.05, 3.63) is 77.0 Å². The Balaban J connectivity index is 0.000000134. The predicted octanol–water partition coefficient (Wildman–Crippen LogP) is 5.49. The maximum atomic E-state index is 3.95. The van der Waals surface area contributed by atoms with Gasteiger partial charge in [0.1, 0.15) is 0 Å². The lowest BCUT2D eigenvalue weighted by atomic mass is 10.2. The van der Waals surface area contributed by atoms with Crippen LogP contribution in [0.15, 0.2) is 71.5 Å². The topological polar surface area (TPSA) is 0 Å². The van der Waals surface area contributed by atoms with Crippen LogP contribution < -0.4 is 0 Å². The van der Waals surface area contributed by atoms with Crippen LogP contribution in [0.5, 0.6) is 0 Å². The van der Waals surface area contributed by atoms with Gasteiger partial charge in [0, 0.05) is 4.70 Å². The summed E-state index contributed by atoms with van der Waals surface area (Å²) in [4.78, 5) is 0. The van der Waals surface area contributed by atoms with Gasteiger partial charge in [-0.15, -0.1) is 11.3 Å². The van der Waals surface area contributed by atoms with Crippen molar-refractivity contribution >= 4 is 40.1 Å². The molecule has 18 heavy (non-hydrogen) atoms. The first-order valence-corrected chi connectivity index (χ1v) is 7.08. The summed E-state index contributed by atoms with van der Waals surface area (Å²) in [7, 11) is 0. The van der Waals surface area contributed by atoms with Gasteiger partial charge in [-0.3, -0.25) is 0 Å². The molecule has 0 saturated carbocycles. The van der Waals surface area contributed by atoms with Gasteiger partial charge in [-0.05, 0) is 39.9 Å². The van der Waals surface area contributed by atoms with Gasteiger partial charge in [-0.25, -0.2) is 0 Å². The molecule has 0 nitrogen and oxygen atoms in total. The van der Waals surface area contributed by atoms with E-state index in [0.29, 0.717) is 0 Å². The second-order valence-corrected chi connectivity index (χ2v) is 4.93. The van der Waals surface area contributed by atoms with Crippen molar-refractivity contribution in [1.82, 2.24) is 0 Å². The van der Waals surface area contributed by atoms with Crippen LogP contribution in [0.4, 0.5) is 0 Å². The molecule has 0 unspecified atom stereocenters. The highest BCUT2D eigenvalue weighted by Crippen LogP contribution is 2.18. The van der Waals surface area contributed by atoms with Gasteiger partial charge in [0.15, 0.2) is 0 Å². The number of fused-ring (bicyclic) bond motifs is 1. The lowest BCUT2D eigenvalue weighted by Crippen LogP contribution is -1.64. The van der Waals surface area contributed by atoms with Gasteiger partial charge in [-0.2, -0.15) is 12.6 Å². The summed E-state index contributed by atoms with van der Waals surface area (Å²) in [6, 6.07) is 20.6. The van der Waals surface area contributed by atoms with Crippen LogP contribution in [0.1, 0.15) is 5.56 Å². The molecular weight excluding hydrogens is 256 g/mol. The van der Waals surface area contributed by atoms with E-state index in [9.17, 15) is 0 Å². The van der Waals surface area contributed by atoms with Gasteiger partial charge in [-0.1, -0.05) is 48.5 Å². The van der Waals surface area contributed by atoms with Crippen molar-refractivity contribution in [2.75, 3.05) is 0 Å².